The Hall–Kier alpha value is -0.840. The summed E-state index contributed by atoms with van der Waals surface area (Å²) in [4.78, 5) is 2.38. The molecule has 2 heterocycles. The fourth-order valence-corrected chi connectivity index (χ4v) is 2.77. The Kier molecular flexibility index (Phi) is 4.20. The Bertz CT molecular complexity index is 399. The number of hydrogen-bond acceptors (Lipinski definition) is 3. The van der Waals surface area contributed by atoms with Gasteiger partial charge in [0.15, 0.2) is 4.77 Å². The number of H-pyrrole nitrogens is 1. The number of aromatic nitrogens is 3. The summed E-state index contributed by atoms with van der Waals surface area (Å²) in [5, 5.41) is 7.33. The summed E-state index contributed by atoms with van der Waals surface area (Å²) in [5.74, 6) is 1.02. The molecule has 0 radical (unpaired) electrons. The van der Waals surface area contributed by atoms with Crippen molar-refractivity contribution in [1.29, 1.82) is 0 Å². The van der Waals surface area contributed by atoms with E-state index in [4.69, 9.17) is 12.2 Å². The Morgan fingerprint density at radius 2 is 1.71 bits per heavy atom. The molecule has 1 aromatic rings. The van der Waals surface area contributed by atoms with Crippen molar-refractivity contribution < 1.29 is 0 Å². The highest BCUT2D eigenvalue weighted by Gasteiger charge is 2.17. The summed E-state index contributed by atoms with van der Waals surface area (Å²) in [6.07, 6.45) is 6.58. The molecule has 5 heteroatoms. The van der Waals surface area contributed by atoms with Crippen LogP contribution in [0.15, 0.2) is 0 Å². The summed E-state index contributed by atoms with van der Waals surface area (Å²) < 4.78 is 2.86. The van der Waals surface area contributed by atoms with Gasteiger partial charge in [-0.1, -0.05) is 19.3 Å². The third-order valence-corrected chi connectivity index (χ3v) is 3.63. The van der Waals surface area contributed by atoms with Crippen molar-refractivity contribution in [3.63, 3.8) is 0 Å². The zero-order chi connectivity index (χ0) is 12.3. The highest BCUT2D eigenvalue weighted by molar-refractivity contribution is 7.71. The molecule has 0 spiro atoms. The van der Waals surface area contributed by atoms with Crippen molar-refractivity contribution in [2.24, 2.45) is 0 Å². The van der Waals surface area contributed by atoms with Crippen LogP contribution in [-0.2, 0) is 0 Å². The smallest absolute Gasteiger partial charge is 0.225 e. The van der Waals surface area contributed by atoms with Crippen LogP contribution >= 0.6 is 12.2 Å². The largest absolute Gasteiger partial charge is 0.341 e. The van der Waals surface area contributed by atoms with Gasteiger partial charge in [-0.05, 0) is 38.9 Å². The van der Waals surface area contributed by atoms with Gasteiger partial charge in [-0.25, -0.2) is 5.10 Å². The zero-order valence-electron chi connectivity index (χ0n) is 10.8. The van der Waals surface area contributed by atoms with Crippen molar-refractivity contribution in [1.82, 2.24) is 14.8 Å². The molecule has 0 aromatic carbocycles. The molecule has 1 aliphatic heterocycles. The van der Waals surface area contributed by atoms with Crippen LogP contribution < -0.4 is 4.90 Å². The van der Waals surface area contributed by atoms with Gasteiger partial charge in [0.2, 0.25) is 5.95 Å². The molecule has 17 heavy (non-hydrogen) atoms. The van der Waals surface area contributed by atoms with E-state index in [1.54, 1.807) is 0 Å². The summed E-state index contributed by atoms with van der Waals surface area (Å²) in [6, 6.07) is 0.363. The highest BCUT2D eigenvalue weighted by atomic mass is 32.1. The molecule has 0 amide bonds. The van der Waals surface area contributed by atoms with E-state index in [1.165, 1.54) is 32.1 Å². The minimum atomic E-state index is 0.363. The van der Waals surface area contributed by atoms with Gasteiger partial charge >= 0.3 is 0 Å². The first kappa shape index (κ1) is 12.6. The molecule has 0 unspecified atom stereocenters. The number of anilines is 1. The first-order chi connectivity index (χ1) is 8.20. The third kappa shape index (κ3) is 2.89. The molecule has 0 aliphatic carbocycles. The van der Waals surface area contributed by atoms with E-state index < -0.39 is 0 Å². The second-order valence-corrected chi connectivity index (χ2v) is 5.43. The van der Waals surface area contributed by atoms with E-state index in [-0.39, 0.29) is 0 Å². The van der Waals surface area contributed by atoms with Crippen molar-refractivity contribution in [3.05, 3.63) is 4.77 Å². The van der Waals surface area contributed by atoms with E-state index in [2.05, 4.69) is 33.5 Å². The minimum Gasteiger partial charge on any atom is -0.341 e. The monoisotopic (exact) mass is 254 g/mol. The number of nitrogens with zero attached hydrogens (tertiary/aromatic N) is 3. The van der Waals surface area contributed by atoms with Gasteiger partial charge in [0, 0.05) is 19.1 Å². The van der Waals surface area contributed by atoms with Gasteiger partial charge in [0.05, 0.1) is 0 Å². The summed E-state index contributed by atoms with van der Waals surface area (Å²) in [5.41, 5.74) is 0. The van der Waals surface area contributed by atoms with Crippen molar-refractivity contribution in [2.75, 3.05) is 18.0 Å². The van der Waals surface area contributed by atoms with Crippen LogP contribution in [0.5, 0.6) is 0 Å². The molecule has 1 aliphatic rings. The number of rotatable bonds is 2. The predicted octanol–water partition coefficient (Wildman–Crippen LogP) is 3.29. The topological polar surface area (TPSA) is 36.9 Å². The van der Waals surface area contributed by atoms with Gasteiger partial charge in [0.1, 0.15) is 0 Å². The molecule has 1 saturated heterocycles. The van der Waals surface area contributed by atoms with E-state index in [0.717, 1.165) is 23.8 Å². The van der Waals surface area contributed by atoms with Crippen LogP contribution in [0.2, 0.25) is 0 Å². The van der Waals surface area contributed by atoms with Gasteiger partial charge in [-0.3, -0.25) is 4.57 Å². The van der Waals surface area contributed by atoms with Crippen LogP contribution in [0.4, 0.5) is 5.95 Å². The normalized spacial score (nSPS) is 18.2. The van der Waals surface area contributed by atoms with Gasteiger partial charge in [0.25, 0.3) is 0 Å². The summed E-state index contributed by atoms with van der Waals surface area (Å²) in [7, 11) is 0. The molecule has 1 aromatic heterocycles. The molecule has 4 nitrogen and oxygen atoms in total. The molecule has 0 saturated carbocycles. The maximum atomic E-state index is 5.30. The quantitative estimate of drug-likeness (QED) is 0.823. The fraction of sp³-hybridized carbons (Fsp3) is 0.833. The van der Waals surface area contributed by atoms with E-state index in [1.807, 2.05) is 0 Å². The molecule has 2 rings (SSSR count). The summed E-state index contributed by atoms with van der Waals surface area (Å²) in [6.45, 7) is 6.51. The molecular formula is C12H22N4S. The average molecular weight is 254 g/mol. The molecule has 1 fully saturated rings. The van der Waals surface area contributed by atoms with Crippen LogP contribution in [0.1, 0.15) is 52.0 Å². The number of nitrogens with one attached hydrogen (secondary N) is 1. The van der Waals surface area contributed by atoms with Crippen molar-refractivity contribution in [2.45, 2.75) is 52.0 Å². The Balaban J connectivity index is 2.22. The zero-order valence-corrected chi connectivity index (χ0v) is 11.6. The predicted molar refractivity (Wildman–Crippen MR) is 73.1 cm³/mol. The second kappa shape index (κ2) is 5.67. The standard InChI is InChI=1S/C12H22N4S/c1-10(2)16-11(13-14-12(16)17)15-8-6-4-3-5-7-9-15/h10H,3-9H2,1-2H3,(H,14,17). The third-order valence-electron chi connectivity index (χ3n) is 3.34. The van der Waals surface area contributed by atoms with E-state index in [9.17, 15) is 0 Å². The van der Waals surface area contributed by atoms with Crippen molar-refractivity contribution in [3.8, 4) is 0 Å². The molecule has 0 bridgehead atoms. The van der Waals surface area contributed by atoms with Crippen LogP contribution in [0, 0.1) is 4.77 Å². The number of hydrogen-bond donors (Lipinski definition) is 1. The van der Waals surface area contributed by atoms with Crippen LogP contribution in [0.25, 0.3) is 0 Å². The Morgan fingerprint density at radius 3 is 2.29 bits per heavy atom. The van der Waals surface area contributed by atoms with E-state index in [0.29, 0.717) is 6.04 Å². The fourth-order valence-electron chi connectivity index (χ4n) is 2.43. The molecule has 0 atom stereocenters. The molecular weight excluding hydrogens is 232 g/mol. The first-order valence-electron chi connectivity index (χ1n) is 6.62. The number of aromatic amines is 1. The van der Waals surface area contributed by atoms with Gasteiger partial charge < -0.3 is 4.90 Å². The SMILES string of the molecule is CC(C)n1c(N2CCCCCCC2)n[nH]c1=S. The lowest BCUT2D eigenvalue weighted by atomic mass is 10.1. The Morgan fingerprint density at radius 1 is 1.12 bits per heavy atom. The Labute approximate surface area is 108 Å². The van der Waals surface area contributed by atoms with Crippen LogP contribution in [0.3, 0.4) is 0 Å². The molecule has 96 valence electrons. The molecule has 1 N–H and O–H groups in total. The highest BCUT2D eigenvalue weighted by Crippen LogP contribution is 2.20. The lowest BCUT2D eigenvalue weighted by molar-refractivity contribution is 0.526. The van der Waals surface area contributed by atoms with Gasteiger partial charge in [-0.2, -0.15) is 0 Å². The van der Waals surface area contributed by atoms with Crippen LogP contribution in [-0.4, -0.2) is 27.9 Å². The van der Waals surface area contributed by atoms with Gasteiger partial charge in [-0.15, -0.1) is 5.10 Å². The summed E-state index contributed by atoms with van der Waals surface area (Å²) >= 11 is 5.30. The lowest BCUT2D eigenvalue weighted by Crippen LogP contribution is -2.30. The van der Waals surface area contributed by atoms with E-state index >= 15 is 0 Å². The minimum absolute atomic E-state index is 0.363. The first-order valence-corrected chi connectivity index (χ1v) is 7.03. The average Bonchev–Trinajstić information content (AvgIpc) is 2.59. The second-order valence-electron chi connectivity index (χ2n) is 5.05. The lowest BCUT2D eigenvalue weighted by Gasteiger charge is -2.26. The maximum Gasteiger partial charge on any atom is 0.225 e. The van der Waals surface area contributed by atoms with Crippen molar-refractivity contribution >= 4 is 18.2 Å². The maximum absolute atomic E-state index is 5.30.